The van der Waals surface area contributed by atoms with E-state index in [9.17, 15) is 9.59 Å². The fraction of sp³-hybridized carbons (Fsp3) is 0.800. The molecule has 5 heteroatoms. The van der Waals surface area contributed by atoms with Crippen LogP contribution in [0.1, 0.15) is 20.8 Å². The van der Waals surface area contributed by atoms with Crippen molar-refractivity contribution in [1.29, 1.82) is 0 Å². The number of methoxy groups -OCH3 is 1. The fourth-order valence-corrected chi connectivity index (χ4v) is 1.56. The lowest BCUT2D eigenvalue weighted by atomic mass is 9.98. The topological polar surface area (TPSA) is 58.6 Å². The van der Waals surface area contributed by atoms with Crippen LogP contribution in [0, 0.1) is 0 Å². The van der Waals surface area contributed by atoms with Crippen LogP contribution in [0.2, 0.25) is 0 Å². The van der Waals surface area contributed by atoms with E-state index < -0.39 is 5.54 Å². The van der Waals surface area contributed by atoms with Crippen LogP contribution in [-0.4, -0.2) is 48.6 Å². The summed E-state index contributed by atoms with van der Waals surface area (Å²) in [5.41, 5.74) is -0.790. The maximum atomic E-state index is 11.7. The van der Waals surface area contributed by atoms with E-state index in [1.54, 1.807) is 25.9 Å². The predicted molar refractivity (Wildman–Crippen MR) is 55.3 cm³/mol. The molecule has 2 amide bonds. The van der Waals surface area contributed by atoms with Crippen molar-refractivity contribution in [2.75, 3.05) is 20.2 Å². The molecule has 0 spiro atoms. The molecular weight excluding hydrogens is 196 g/mol. The summed E-state index contributed by atoms with van der Waals surface area (Å²) in [6.07, 6.45) is -0.0703. The number of rotatable bonds is 3. The average Bonchev–Trinajstić information content (AvgIpc) is 2.19. The summed E-state index contributed by atoms with van der Waals surface area (Å²) in [7, 11) is 1.59. The summed E-state index contributed by atoms with van der Waals surface area (Å²) in [5.74, 6) is -0.186. The predicted octanol–water partition coefficient (Wildman–Crippen LogP) is -0.242. The highest BCUT2D eigenvalue weighted by Crippen LogP contribution is 2.18. The molecule has 1 heterocycles. The highest BCUT2D eigenvalue weighted by molar-refractivity contribution is 5.97. The fourth-order valence-electron chi connectivity index (χ4n) is 1.56. The molecule has 1 atom stereocenters. The Hall–Kier alpha value is -1.10. The number of carbonyl (C=O) groups excluding carboxylic acids is 2. The van der Waals surface area contributed by atoms with E-state index in [0.717, 1.165) is 0 Å². The molecular formula is C10H18N2O3. The van der Waals surface area contributed by atoms with E-state index in [-0.39, 0.29) is 24.5 Å². The number of nitrogens with zero attached hydrogens (tertiary/aromatic N) is 1. The lowest BCUT2D eigenvalue weighted by Crippen LogP contribution is -2.65. The van der Waals surface area contributed by atoms with Gasteiger partial charge in [-0.15, -0.1) is 0 Å². The van der Waals surface area contributed by atoms with Crippen LogP contribution in [-0.2, 0) is 14.3 Å². The summed E-state index contributed by atoms with van der Waals surface area (Å²) in [5, 5.41) is 2.57. The van der Waals surface area contributed by atoms with Gasteiger partial charge in [-0.3, -0.25) is 9.59 Å². The lowest BCUT2D eigenvalue weighted by molar-refractivity contribution is -0.153. The van der Waals surface area contributed by atoms with Crippen molar-refractivity contribution in [3.63, 3.8) is 0 Å². The first kappa shape index (κ1) is 12.0. The highest BCUT2D eigenvalue weighted by atomic mass is 16.5. The minimum absolute atomic E-state index is 0.0662. The number of piperazine rings is 1. The molecule has 1 N–H and O–H groups in total. The summed E-state index contributed by atoms with van der Waals surface area (Å²) >= 11 is 0. The Balaban J connectivity index is 2.81. The molecule has 1 aliphatic rings. The van der Waals surface area contributed by atoms with E-state index in [4.69, 9.17) is 4.74 Å². The van der Waals surface area contributed by atoms with Gasteiger partial charge in [0.2, 0.25) is 11.8 Å². The molecule has 0 aromatic heterocycles. The molecule has 1 unspecified atom stereocenters. The zero-order valence-corrected chi connectivity index (χ0v) is 9.66. The van der Waals surface area contributed by atoms with Gasteiger partial charge in [0.15, 0.2) is 0 Å². The molecule has 0 radical (unpaired) electrons. The van der Waals surface area contributed by atoms with Crippen molar-refractivity contribution >= 4 is 11.8 Å². The van der Waals surface area contributed by atoms with Crippen molar-refractivity contribution in [3.8, 4) is 0 Å². The first-order chi connectivity index (χ1) is 6.89. The van der Waals surface area contributed by atoms with Crippen LogP contribution < -0.4 is 5.32 Å². The van der Waals surface area contributed by atoms with Gasteiger partial charge >= 0.3 is 0 Å². The molecule has 86 valence electrons. The molecule has 5 nitrogen and oxygen atoms in total. The maximum absolute atomic E-state index is 11.7. The summed E-state index contributed by atoms with van der Waals surface area (Å²) in [4.78, 5) is 24.8. The molecule has 0 aliphatic carbocycles. The molecule has 0 aromatic rings. The minimum Gasteiger partial charge on any atom is -0.380 e. The van der Waals surface area contributed by atoms with Gasteiger partial charge in [-0.1, -0.05) is 0 Å². The van der Waals surface area contributed by atoms with Crippen molar-refractivity contribution in [1.82, 2.24) is 10.2 Å². The van der Waals surface area contributed by atoms with Crippen LogP contribution >= 0.6 is 0 Å². The van der Waals surface area contributed by atoms with Gasteiger partial charge < -0.3 is 15.0 Å². The Kier molecular flexibility index (Phi) is 3.34. The van der Waals surface area contributed by atoms with Crippen molar-refractivity contribution in [2.24, 2.45) is 0 Å². The second-order valence-corrected chi connectivity index (χ2v) is 4.29. The number of amides is 2. The summed E-state index contributed by atoms with van der Waals surface area (Å²) in [6, 6.07) is 0. The monoisotopic (exact) mass is 214 g/mol. The normalized spacial score (nSPS) is 22.5. The van der Waals surface area contributed by atoms with Gasteiger partial charge in [-0.05, 0) is 20.8 Å². The van der Waals surface area contributed by atoms with Crippen molar-refractivity contribution < 1.29 is 14.3 Å². The maximum Gasteiger partial charge on any atom is 0.245 e. The van der Waals surface area contributed by atoms with E-state index in [2.05, 4.69) is 5.32 Å². The first-order valence-corrected chi connectivity index (χ1v) is 5.01. The van der Waals surface area contributed by atoms with Crippen molar-refractivity contribution in [3.05, 3.63) is 0 Å². The molecule has 1 rings (SSSR count). The lowest BCUT2D eigenvalue weighted by Gasteiger charge is -2.41. The van der Waals surface area contributed by atoms with E-state index in [1.807, 2.05) is 6.92 Å². The minimum atomic E-state index is -0.790. The largest absolute Gasteiger partial charge is 0.380 e. The van der Waals surface area contributed by atoms with Crippen LogP contribution in [0.4, 0.5) is 0 Å². The first-order valence-electron chi connectivity index (χ1n) is 5.01. The van der Waals surface area contributed by atoms with Crippen LogP contribution in [0.25, 0.3) is 0 Å². The molecule has 1 fully saturated rings. The Labute approximate surface area is 89.8 Å². The van der Waals surface area contributed by atoms with Crippen molar-refractivity contribution in [2.45, 2.75) is 32.4 Å². The molecule has 0 aromatic carbocycles. The Bertz CT molecular complexity index is 276. The van der Waals surface area contributed by atoms with Gasteiger partial charge in [-0.2, -0.15) is 0 Å². The molecule has 0 saturated carbocycles. The smallest absolute Gasteiger partial charge is 0.245 e. The summed E-state index contributed by atoms with van der Waals surface area (Å²) < 4.78 is 5.10. The molecule has 15 heavy (non-hydrogen) atoms. The van der Waals surface area contributed by atoms with Crippen LogP contribution in [0.5, 0.6) is 0 Å². The SMILES string of the molecule is COC(C)CN1C(=O)CNC(=O)C1(C)C. The van der Waals surface area contributed by atoms with Gasteiger partial charge in [0, 0.05) is 13.7 Å². The third kappa shape index (κ3) is 2.28. The van der Waals surface area contributed by atoms with Gasteiger partial charge in [0.1, 0.15) is 5.54 Å². The standard InChI is InChI=1S/C10H18N2O3/c1-7(15-4)6-12-8(13)5-11-9(14)10(12,2)3/h7H,5-6H2,1-4H3,(H,11,14). The number of hydrogen-bond acceptors (Lipinski definition) is 3. The Morgan fingerprint density at radius 3 is 2.67 bits per heavy atom. The zero-order valence-electron chi connectivity index (χ0n) is 9.66. The third-order valence-electron chi connectivity index (χ3n) is 2.77. The van der Waals surface area contributed by atoms with E-state index in [0.29, 0.717) is 6.54 Å². The quantitative estimate of drug-likeness (QED) is 0.705. The van der Waals surface area contributed by atoms with Crippen LogP contribution in [0.15, 0.2) is 0 Å². The second-order valence-electron chi connectivity index (χ2n) is 4.29. The zero-order chi connectivity index (χ0) is 11.6. The molecule has 1 saturated heterocycles. The number of hydrogen-bond donors (Lipinski definition) is 1. The molecule has 0 bridgehead atoms. The number of nitrogens with one attached hydrogen (secondary N) is 1. The van der Waals surface area contributed by atoms with E-state index in [1.165, 1.54) is 0 Å². The summed E-state index contributed by atoms with van der Waals surface area (Å²) in [6.45, 7) is 5.87. The average molecular weight is 214 g/mol. The highest BCUT2D eigenvalue weighted by Gasteiger charge is 2.41. The van der Waals surface area contributed by atoms with Gasteiger partial charge in [0.05, 0.1) is 12.6 Å². The Morgan fingerprint density at radius 2 is 2.13 bits per heavy atom. The van der Waals surface area contributed by atoms with E-state index >= 15 is 0 Å². The Morgan fingerprint density at radius 1 is 1.53 bits per heavy atom. The van der Waals surface area contributed by atoms with Gasteiger partial charge in [-0.25, -0.2) is 0 Å². The molecule has 1 aliphatic heterocycles. The number of carbonyl (C=O) groups is 2. The third-order valence-corrected chi connectivity index (χ3v) is 2.77. The van der Waals surface area contributed by atoms with Gasteiger partial charge in [0.25, 0.3) is 0 Å². The number of ether oxygens (including phenoxy) is 1. The van der Waals surface area contributed by atoms with Crippen LogP contribution in [0.3, 0.4) is 0 Å². The second kappa shape index (κ2) is 4.18.